The molecular formula is C24H46N2O2. The minimum absolute atomic E-state index is 0.236. The lowest BCUT2D eigenvalue weighted by atomic mass is 10.1. The Kier molecular flexibility index (Phi) is 17.2. The lowest BCUT2D eigenvalue weighted by Gasteiger charge is -2.07. The van der Waals surface area contributed by atoms with Crippen molar-refractivity contribution in [1.29, 1.82) is 0 Å². The van der Waals surface area contributed by atoms with Gasteiger partial charge < -0.3 is 10.6 Å². The molecule has 0 radical (unpaired) electrons. The fourth-order valence-corrected chi connectivity index (χ4v) is 3.93. The summed E-state index contributed by atoms with van der Waals surface area (Å²) in [6.07, 6.45) is 23.3. The van der Waals surface area contributed by atoms with Crippen LogP contribution in [-0.2, 0) is 9.59 Å². The second-order valence-electron chi connectivity index (χ2n) is 8.56. The Bertz CT molecular complexity index is 349. The standard InChI is InChI=1S/C24H46N2O2/c27-23-19-15-11-7-3-4-8-12-16-20-24(28)26-22-18-14-10-6-2-1-5-9-13-17-21-25-23/h1-22H2,(H,25,27)(H,26,28). The van der Waals surface area contributed by atoms with Gasteiger partial charge in [0.2, 0.25) is 11.8 Å². The average molecular weight is 395 g/mol. The lowest BCUT2D eigenvalue weighted by molar-refractivity contribution is -0.122. The summed E-state index contributed by atoms with van der Waals surface area (Å²) in [6.45, 7) is 1.71. The first-order valence-corrected chi connectivity index (χ1v) is 12.3. The molecule has 1 aliphatic heterocycles. The maximum Gasteiger partial charge on any atom is 0.219 e. The second-order valence-corrected chi connectivity index (χ2v) is 8.56. The highest BCUT2D eigenvalue weighted by Crippen LogP contribution is 2.12. The number of carbonyl (C=O) groups is 2. The van der Waals surface area contributed by atoms with E-state index in [1.54, 1.807) is 0 Å². The van der Waals surface area contributed by atoms with Crippen LogP contribution in [0.4, 0.5) is 0 Å². The lowest BCUT2D eigenvalue weighted by Crippen LogP contribution is -2.24. The van der Waals surface area contributed by atoms with E-state index in [1.165, 1.54) is 77.0 Å². The maximum atomic E-state index is 11.8. The zero-order valence-corrected chi connectivity index (χ0v) is 18.4. The topological polar surface area (TPSA) is 58.2 Å². The molecule has 0 aromatic heterocycles. The van der Waals surface area contributed by atoms with E-state index in [4.69, 9.17) is 0 Å². The molecule has 0 unspecified atom stereocenters. The molecule has 4 nitrogen and oxygen atoms in total. The van der Waals surface area contributed by atoms with Crippen molar-refractivity contribution in [3.05, 3.63) is 0 Å². The summed E-state index contributed by atoms with van der Waals surface area (Å²) in [5.41, 5.74) is 0. The van der Waals surface area contributed by atoms with E-state index in [1.807, 2.05) is 0 Å². The van der Waals surface area contributed by atoms with Crippen LogP contribution in [0.5, 0.6) is 0 Å². The van der Waals surface area contributed by atoms with Gasteiger partial charge in [0, 0.05) is 25.9 Å². The van der Waals surface area contributed by atoms with E-state index in [9.17, 15) is 9.59 Å². The van der Waals surface area contributed by atoms with Crippen LogP contribution in [0.15, 0.2) is 0 Å². The van der Waals surface area contributed by atoms with E-state index < -0.39 is 0 Å². The molecule has 164 valence electrons. The van der Waals surface area contributed by atoms with Gasteiger partial charge in [-0.15, -0.1) is 0 Å². The monoisotopic (exact) mass is 394 g/mol. The third-order valence-corrected chi connectivity index (χ3v) is 5.81. The average Bonchev–Trinajstić information content (AvgIpc) is 2.69. The van der Waals surface area contributed by atoms with E-state index in [0.29, 0.717) is 12.8 Å². The van der Waals surface area contributed by atoms with E-state index in [0.717, 1.165) is 51.6 Å². The molecule has 0 bridgehead atoms. The number of hydrogen-bond acceptors (Lipinski definition) is 2. The van der Waals surface area contributed by atoms with Gasteiger partial charge in [-0.25, -0.2) is 0 Å². The molecule has 1 saturated heterocycles. The van der Waals surface area contributed by atoms with Gasteiger partial charge in [0.15, 0.2) is 0 Å². The van der Waals surface area contributed by atoms with Crippen molar-refractivity contribution in [2.45, 2.75) is 128 Å². The molecule has 0 aromatic rings. The first-order valence-electron chi connectivity index (χ1n) is 12.3. The largest absolute Gasteiger partial charge is 0.356 e. The van der Waals surface area contributed by atoms with Gasteiger partial charge in [0.1, 0.15) is 0 Å². The molecule has 1 aliphatic rings. The molecule has 0 spiro atoms. The van der Waals surface area contributed by atoms with Crippen LogP contribution < -0.4 is 10.6 Å². The van der Waals surface area contributed by atoms with Crippen LogP contribution in [0.1, 0.15) is 128 Å². The summed E-state index contributed by atoms with van der Waals surface area (Å²) in [4.78, 5) is 23.7. The Morgan fingerprint density at radius 3 is 0.929 bits per heavy atom. The molecule has 1 heterocycles. The van der Waals surface area contributed by atoms with E-state index in [2.05, 4.69) is 10.6 Å². The van der Waals surface area contributed by atoms with E-state index >= 15 is 0 Å². The third kappa shape index (κ3) is 17.1. The van der Waals surface area contributed by atoms with Gasteiger partial charge in [0.05, 0.1) is 0 Å². The number of nitrogens with one attached hydrogen (secondary N) is 2. The zero-order valence-electron chi connectivity index (χ0n) is 18.4. The van der Waals surface area contributed by atoms with Crippen LogP contribution in [0.3, 0.4) is 0 Å². The Morgan fingerprint density at radius 1 is 0.357 bits per heavy atom. The van der Waals surface area contributed by atoms with Crippen molar-refractivity contribution in [2.24, 2.45) is 0 Å². The van der Waals surface area contributed by atoms with Gasteiger partial charge in [-0.2, -0.15) is 0 Å². The molecule has 1 rings (SSSR count). The van der Waals surface area contributed by atoms with Crippen molar-refractivity contribution < 1.29 is 9.59 Å². The molecule has 28 heavy (non-hydrogen) atoms. The van der Waals surface area contributed by atoms with E-state index in [-0.39, 0.29) is 11.8 Å². The third-order valence-electron chi connectivity index (χ3n) is 5.81. The van der Waals surface area contributed by atoms with Crippen molar-refractivity contribution in [1.82, 2.24) is 10.6 Å². The molecule has 0 aromatic carbocycles. The van der Waals surface area contributed by atoms with Gasteiger partial charge in [-0.1, -0.05) is 89.9 Å². The Labute approximate surface area is 174 Å². The summed E-state index contributed by atoms with van der Waals surface area (Å²) in [6, 6.07) is 0. The first-order chi connectivity index (χ1) is 13.8. The fraction of sp³-hybridized carbons (Fsp3) is 0.917. The normalized spacial score (nSPS) is 22.7. The summed E-state index contributed by atoms with van der Waals surface area (Å²) in [7, 11) is 0. The quantitative estimate of drug-likeness (QED) is 0.526. The van der Waals surface area contributed by atoms with Crippen LogP contribution in [0.25, 0.3) is 0 Å². The smallest absolute Gasteiger partial charge is 0.219 e. The summed E-state index contributed by atoms with van der Waals surface area (Å²) in [5.74, 6) is 0.472. The Hall–Kier alpha value is -1.06. The minimum Gasteiger partial charge on any atom is -0.356 e. The molecule has 2 amide bonds. The number of carbonyl (C=O) groups excluding carboxylic acids is 2. The second kappa shape index (κ2) is 19.3. The summed E-state index contributed by atoms with van der Waals surface area (Å²) < 4.78 is 0. The maximum absolute atomic E-state index is 11.8. The van der Waals surface area contributed by atoms with Crippen LogP contribution in [0, 0.1) is 0 Å². The molecule has 0 aliphatic carbocycles. The predicted molar refractivity (Wildman–Crippen MR) is 118 cm³/mol. The molecule has 0 saturated carbocycles. The molecule has 0 atom stereocenters. The fourth-order valence-electron chi connectivity index (χ4n) is 3.93. The predicted octanol–water partition coefficient (Wildman–Crippen LogP) is 6.03. The van der Waals surface area contributed by atoms with Crippen molar-refractivity contribution in [3.63, 3.8) is 0 Å². The molecule has 2 N–H and O–H groups in total. The minimum atomic E-state index is 0.236. The van der Waals surface area contributed by atoms with Gasteiger partial charge in [-0.05, 0) is 25.7 Å². The van der Waals surface area contributed by atoms with Gasteiger partial charge >= 0.3 is 0 Å². The molecular weight excluding hydrogens is 348 g/mol. The van der Waals surface area contributed by atoms with Gasteiger partial charge in [-0.3, -0.25) is 9.59 Å². The highest BCUT2D eigenvalue weighted by atomic mass is 16.2. The van der Waals surface area contributed by atoms with Crippen molar-refractivity contribution in [2.75, 3.05) is 13.1 Å². The molecule has 1 fully saturated rings. The number of hydrogen-bond donors (Lipinski definition) is 2. The SMILES string of the molecule is O=C1CCCCCCCCCCC(=O)NCCCCCCCCCCCCN1. The first kappa shape index (κ1) is 25.0. The molecule has 4 heteroatoms. The highest BCUT2D eigenvalue weighted by Gasteiger charge is 2.02. The Balaban J connectivity index is 2.14. The van der Waals surface area contributed by atoms with Gasteiger partial charge in [0.25, 0.3) is 0 Å². The van der Waals surface area contributed by atoms with Crippen molar-refractivity contribution in [3.8, 4) is 0 Å². The summed E-state index contributed by atoms with van der Waals surface area (Å²) in [5, 5.41) is 6.15. The zero-order chi connectivity index (χ0) is 20.1. The number of rotatable bonds is 0. The van der Waals surface area contributed by atoms with Crippen LogP contribution in [-0.4, -0.2) is 24.9 Å². The summed E-state index contributed by atoms with van der Waals surface area (Å²) >= 11 is 0. The highest BCUT2D eigenvalue weighted by molar-refractivity contribution is 5.76. The van der Waals surface area contributed by atoms with Crippen molar-refractivity contribution >= 4 is 11.8 Å². The number of amides is 2. The van der Waals surface area contributed by atoms with Crippen LogP contribution >= 0.6 is 0 Å². The Morgan fingerprint density at radius 2 is 0.607 bits per heavy atom. The van der Waals surface area contributed by atoms with Crippen LogP contribution in [0.2, 0.25) is 0 Å².